The Hall–Kier alpha value is -2.12. The predicted molar refractivity (Wildman–Crippen MR) is 111 cm³/mol. The zero-order chi connectivity index (χ0) is 20.7. The van der Waals surface area contributed by atoms with Crippen LogP contribution in [-0.2, 0) is 21.2 Å². The van der Waals surface area contributed by atoms with E-state index in [0.717, 1.165) is 16.1 Å². The van der Waals surface area contributed by atoms with Crippen LogP contribution in [0.1, 0.15) is 25.3 Å². The van der Waals surface area contributed by atoms with Crippen molar-refractivity contribution in [2.45, 2.75) is 32.2 Å². The minimum absolute atomic E-state index is 0.287. The van der Waals surface area contributed by atoms with Gasteiger partial charge in [-0.3, -0.25) is 9.10 Å². The molecular weight excluding hydrogens is 403 g/mol. The van der Waals surface area contributed by atoms with Gasteiger partial charge in [0.25, 0.3) is 0 Å². The molecule has 0 heterocycles. The van der Waals surface area contributed by atoms with E-state index in [9.17, 15) is 17.6 Å². The van der Waals surface area contributed by atoms with Crippen LogP contribution in [0.3, 0.4) is 0 Å². The summed E-state index contributed by atoms with van der Waals surface area (Å²) in [4.78, 5) is 12.7. The second-order valence-corrected chi connectivity index (χ2v) is 8.78. The molecule has 2 rings (SSSR count). The number of benzene rings is 2. The molecule has 1 amide bonds. The molecular formula is C20H24ClFN2O3S. The lowest BCUT2D eigenvalue weighted by Crippen LogP contribution is -2.49. The van der Waals surface area contributed by atoms with Crippen LogP contribution in [-0.4, -0.2) is 33.2 Å². The average molecular weight is 427 g/mol. The van der Waals surface area contributed by atoms with Crippen LogP contribution in [0.5, 0.6) is 0 Å². The van der Waals surface area contributed by atoms with Crippen molar-refractivity contribution in [1.29, 1.82) is 0 Å². The van der Waals surface area contributed by atoms with Crippen molar-refractivity contribution in [2.24, 2.45) is 0 Å². The summed E-state index contributed by atoms with van der Waals surface area (Å²) in [5.74, 6) is -0.656. The van der Waals surface area contributed by atoms with Crippen molar-refractivity contribution >= 4 is 33.2 Å². The highest BCUT2D eigenvalue weighted by molar-refractivity contribution is 7.92. The van der Waals surface area contributed by atoms with Crippen LogP contribution in [0.4, 0.5) is 10.1 Å². The van der Waals surface area contributed by atoms with Gasteiger partial charge in [-0.2, -0.15) is 0 Å². The molecule has 0 bridgehead atoms. The normalized spacial score (nSPS) is 12.4. The molecule has 0 saturated carbocycles. The fourth-order valence-electron chi connectivity index (χ4n) is 2.95. The second kappa shape index (κ2) is 9.89. The summed E-state index contributed by atoms with van der Waals surface area (Å²) in [6, 6.07) is 11.7. The smallest absolute Gasteiger partial charge is 0.243 e. The van der Waals surface area contributed by atoms with Crippen molar-refractivity contribution in [2.75, 3.05) is 17.1 Å². The molecule has 5 nitrogen and oxygen atoms in total. The molecule has 152 valence electrons. The van der Waals surface area contributed by atoms with Crippen LogP contribution < -0.4 is 9.62 Å². The highest BCUT2D eigenvalue weighted by Gasteiger charge is 2.31. The van der Waals surface area contributed by atoms with Gasteiger partial charge in [0.05, 0.1) is 11.9 Å². The third-order valence-electron chi connectivity index (χ3n) is 4.25. The van der Waals surface area contributed by atoms with Crippen molar-refractivity contribution in [1.82, 2.24) is 5.32 Å². The molecule has 0 aliphatic carbocycles. The Kier molecular flexibility index (Phi) is 7.83. The molecule has 28 heavy (non-hydrogen) atoms. The summed E-state index contributed by atoms with van der Waals surface area (Å²) in [6.07, 6.45) is 2.72. The minimum Gasteiger partial charge on any atom is -0.354 e. The third-order valence-corrected chi connectivity index (χ3v) is 5.66. The molecule has 1 atom stereocenters. The van der Waals surface area contributed by atoms with Gasteiger partial charge in [0.2, 0.25) is 15.9 Å². The van der Waals surface area contributed by atoms with E-state index in [4.69, 9.17) is 11.6 Å². The zero-order valence-corrected chi connectivity index (χ0v) is 17.4. The maximum absolute atomic E-state index is 12.9. The first-order chi connectivity index (χ1) is 13.2. The van der Waals surface area contributed by atoms with E-state index in [1.165, 1.54) is 18.2 Å². The van der Waals surface area contributed by atoms with Gasteiger partial charge in [0.15, 0.2) is 0 Å². The Balaban J connectivity index is 2.04. The summed E-state index contributed by atoms with van der Waals surface area (Å²) in [5, 5.41) is 3.19. The number of hydrogen-bond acceptors (Lipinski definition) is 3. The maximum Gasteiger partial charge on any atom is 0.243 e. The maximum atomic E-state index is 12.9. The van der Waals surface area contributed by atoms with Crippen molar-refractivity contribution in [3.8, 4) is 0 Å². The van der Waals surface area contributed by atoms with E-state index in [1.54, 1.807) is 37.3 Å². The first kappa shape index (κ1) is 22.2. The first-order valence-corrected chi connectivity index (χ1v) is 11.2. The molecule has 8 heteroatoms. The topological polar surface area (TPSA) is 66.5 Å². The number of anilines is 1. The van der Waals surface area contributed by atoms with E-state index in [-0.39, 0.29) is 11.7 Å². The Labute approximate surface area is 170 Å². The number of amides is 1. The van der Waals surface area contributed by atoms with E-state index < -0.39 is 16.1 Å². The zero-order valence-electron chi connectivity index (χ0n) is 15.9. The molecule has 0 aliphatic rings. The third kappa shape index (κ3) is 6.21. The molecule has 0 aromatic heterocycles. The van der Waals surface area contributed by atoms with Crippen molar-refractivity contribution in [3.05, 3.63) is 64.9 Å². The molecule has 0 aliphatic heterocycles. The average Bonchev–Trinajstić information content (AvgIpc) is 2.63. The lowest BCUT2D eigenvalue weighted by atomic mass is 10.1. The second-order valence-electron chi connectivity index (χ2n) is 6.48. The molecule has 0 saturated heterocycles. The number of hydrogen-bond donors (Lipinski definition) is 1. The first-order valence-electron chi connectivity index (χ1n) is 8.99. The summed E-state index contributed by atoms with van der Waals surface area (Å²) < 4.78 is 38.8. The molecule has 2 aromatic rings. The number of carbonyl (C=O) groups is 1. The summed E-state index contributed by atoms with van der Waals surface area (Å²) in [6.45, 7) is 2.14. The predicted octanol–water partition coefficient (Wildman–Crippen LogP) is 3.77. The fourth-order valence-corrected chi connectivity index (χ4v) is 4.33. The number of aryl methyl sites for hydroxylation is 1. The Morgan fingerprint density at radius 1 is 1.21 bits per heavy atom. The highest BCUT2D eigenvalue weighted by atomic mass is 35.5. The van der Waals surface area contributed by atoms with Crippen LogP contribution >= 0.6 is 11.6 Å². The number of carbonyl (C=O) groups excluding carboxylic acids is 1. The molecule has 0 fully saturated rings. The standard InChI is InChI=1S/C20H24ClFN2O3S/c1-3-19(24(28(2,26)27)18-8-4-7-16(21)14-18)20(25)23-13-5-6-15-9-11-17(22)12-10-15/h4,7-12,14,19H,3,5-6,13H2,1-2H3,(H,23,25)/t19-/m1/s1. The number of rotatable bonds is 9. The lowest BCUT2D eigenvalue weighted by molar-refractivity contribution is -0.122. The Morgan fingerprint density at radius 2 is 1.89 bits per heavy atom. The lowest BCUT2D eigenvalue weighted by Gasteiger charge is -2.30. The molecule has 0 spiro atoms. The highest BCUT2D eigenvalue weighted by Crippen LogP contribution is 2.25. The largest absolute Gasteiger partial charge is 0.354 e. The summed E-state index contributed by atoms with van der Waals surface area (Å²) >= 11 is 5.99. The molecule has 1 N–H and O–H groups in total. The van der Waals surface area contributed by atoms with E-state index in [0.29, 0.717) is 36.5 Å². The van der Waals surface area contributed by atoms with Crippen LogP contribution in [0.2, 0.25) is 5.02 Å². The molecule has 2 aromatic carbocycles. The summed E-state index contributed by atoms with van der Waals surface area (Å²) in [5.41, 5.74) is 1.32. The monoisotopic (exact) mass is 426 g/mol. The van der Waals surface area contributed by atoms with E-state index in [1.807, 2.05) is 0 Å². The number of halogens is 2. The van der Waals surface area contributed by atoms with Gasteiger partial charge in [-0.05, 0) is 55.2 Å². The van der Waals surface area contributed by atoms with Gasteiger partial charge in [-0.25, -0.2) is 12.8 Å². The number of nitrogens with one attached hydrogen (secondary N) is 1. The van der Waals surface area contributed by atoms with Gasteiger partial charge in [-0.15, -0.1) is 0 Å². The SMILES string of the molecule is CC[C@H](C(=O)NCCCc1ccc(F)cc1)N(c1cccc(Cl)c1)S(C)(=O)=O. The van der Waals surface area contributed by atoms with Crippen LogP contribution in [0.15, 0.2) is 48.5 Å². The van der Waals surface area contributed by atoms with Crippen LogP contribution in [0.25, 0.3) is 0 Å². The van der Waals surface area contributed by atoms with Gasteiger partial charge in [-0.1, -0.05) is 36.7 Å². The fraction of sp³-hybridized carbons (Fsp3) is 0.350. The van der Waals surface area contributed by atoms with Crippen molar-refractivity contribution < 1.29 is 17.6 Å². The number of nitrogens with zero attached hydrogens (tertiary/aromatic N) is 1. The van der Waals surface area contributed by atoms with Gasteiger partial charge >= 0.3 is 0 Å². The summed E-state index contributed by atoms with van der Waals surface area (Å²) in [7, 11) is -3.69. The Bertz CT molecular complexity index is 904. The Morgan fingerprint density at radius 3 is 2.46 bits per heavy atom. The molecule has 0 radical (unpaired) electrons. The molecule has 0 unspecified atom stereocenters. The van der Waals surface area contributed by atoms with E-state index in [2.05, 4.69) is 5.32 Å². The minimum atomic E-state index is -3.69. The van der Waals surface area contributed by atoms with E-state index >= 15 is 0 Å². The van der Waals surface area contributed by atoms with Crippen LogP contribution in [0, 0.1) is 5.82 Å². The quantitative estimate of drug-likeness (QED) is 0.620. The van der Waals surface area contributed by atoms with Gasteiger partial charge in [0.1, 0.15) is 11.9 Å². The van der Waals surface area contributed by atoms with Crippen molar-refractivity contribution in [3.63, 3.8) is 0 Å². The number of sulfonamides is 1. The van der Waals surface area contributed by atoms with Gasteiger partial charge in [0, 0.05) is 11.6 Å². The van der Waals surface area contributed by atoms with Gasteiger partial charge < -0.3 is 5.32 Å².